The first-order valence-corrected chi connectivity index (χ1v) is 4.89. The van der Waals surface area contributed by atoms with E-state index in [4.69, 9.17) is 5.73 Å². The second-order valence-electron chi connectivity index (χ2n) is 3.56. The van der Waals surface area contributed by atoms with E-state index < -0.39 is 0 Å². The quantitative estimate of drug-likeness (QED) is 0.461. The summed E-state index contributed by atoms with van der Waals surface area (Å²) in [6.45, 7) is 0. The molecule has 0 unspecified atom stereocenters. The number of rotatable bonds is 0. The van der Waals surface area contributed by atoms with Crippen molar-refractivity contribution in [2.45, 2.75) is 0 Å². The van der Waals surface area contributed by atoms with E-state index in [0.717, 1.165) is 27.5 Å². The molecule has 3 rings (SSSR count). The van der Waals surface area contributed by atoms with Gasteiger partial charge in [-0.1, -0.05) is 36.4 Å². The molecule has 0 saturated heterocycles. The van der Waals surface area contributed by atoms with Gasteiger partial charge in [0, 0.05) is 10.8 Å². The topological polar surface area (TPSA) is 38.9 Å². The molecule has 1 aromatic heterocycles. The molecule has 0 aliphatic heterocycles. The van der Waals surface area contributed by atoms with Gasteiger partial charge in [-0.2, -0.15) is 0 Å². The van der Waals surface area contributed by atoms with Crippen LogP contribution in [0.4, 0.5) is 5.69 Å². The maximum absolute atomic E-state index is 6.11. The van der Waals surface area contributed by atoms with Crippen LogP contribution in [0.2, 0.25) is 0 Å². The number of fused-ring (bicyclic) bond motifs is 2. The molecule has 0 bridgehead atoms. The fourth-order valence-electron chi connectivity index (χ4n) is 1.87. The van der Waals surface area contributed by atoms with E-state index in [-0.39, 0.29) is 27.3 Å². The van der Waals surface area contributed by atoms with E-state index in [2.05, 4.69) is 4.98 Å². The third kappa shape index (κ3) is 1.67. The van der Waals surface area contributed by atoms with E-state index in [1.165, 1.54) is 0 Å². The Balaban J connectivity index is 0.000000963. The Hall–Kier alpha value is -1.17. The number of benzene rings is 2. The number of nitrogens with zero attached hydrogens (tertiary/aromatic N) is 1. The Bertz CT molecular complexity index is 596. The summed E-state index contributed by atoms with van der Waals surface area (Å²) in [7, 11) is 0. The van der Waals surface area contributed by atoms with Crippen LogP contribution in [0, 0.1) is 0 Å². The molecule has 0 spiro atoms. The zero-order valence-electron chi connectivity index (χ0n) is 8.85. The minimum absolute atomic E-state index is 0. The molecule has 0 saturated carbocycles. The van der Waals surface area contributed by atoms with Gasteiger partial charge in [0.1, 0.15) is 0 Å². The SMILES string of the molecule is Nc1c2ccccc2nc2ccccc12.[PbH2]. The fraction of sp³-hybridized carbons (Fsp3) is 0. The number of anilines is 1. The third-order valence-electron chi connectivity index (χ3n) is 2.63. The van der Waals surface area contributed by atoms with Gasteiger partial charge in [0.25, 0.3) is 0 Å². The Labute approximate surface area is 114 Å². The summed E-state index contributed by atoms with van der Waals surface area (Å²) in [5.41, 5.74) is 8.84. The van der Waals surface area contributed by atoms with Crippen molar-refractivity contribution in [2.75, 3.05) is 5.73 Å². The predicted molar refractivity (Wildman–Crippen MR) is 72.2 cm³/mol. The van der Waals surface area contributed by atoms with E-state index >= 15 is 0 Å². The molecule has 0 amide bonds. The zero-order valence-corrected chi connectivity index (χ0v) is 14.3. The second kappa shape index (κ2) is 4.37. The van der Waals surface area contributed by atoms with Crippen LogP contribution in [0.3, 0.4) is 0 Å². The van der Waals surface area contributed by atoms with Gasteiger partial charge in [0.2, 0.25) is 0 Å². The molecule has 0 atom stereocenters. The van der Waals surface area contributed by atoms with E-state index in [0.29, 0.717) is 0 Å². The molecule has 0 fully saturated rings. The Morgan fingerprint density at radius 2 is 1.19 bits per heavy atom. The van der Waals surface area contributed by atoms with Gasteiger partial charge in [-0.25, -0.2) is 4.98 Å². The van der Waals surface area contributed by atoms with Gasteiger partial charge in [-0.05, 0) is 12.1 Å². The van der Waals surface area contributed by atoms with Crippen molar-refractivity contribution in [1.82, 2.24) is 4.98 Å². The fourth-order valence-corrected chi connectivity index (χ4v) is 1.87. The molecule has 3 aromatic rings. The van der Waals surface area contributed by atoms with Crippen LogP contribution >= 0.6 is 0 Å². The van der Waals surface area contributed by atoms with Gasteiger partial charge in [-0.15, -0.1) is 0 Å². The van der Waals surface area contributed by atoms with Crippen LogP contribution in [-0.2, 0) is 0 Å². The van der Waals surface area contributed by atoms with Crippen molar-refractivity contribution in [3.63, 3.8) is 0 Å². The average molecular weight is 403 g/mol. The van der Waals surface area contributed by atoms with Crippen LogP contribution in [0.25, 0.3) is 21.8 Å². The van der Waals surface area contributed by atoms with Gasteiger partial charge < -0.3 is 5.73 Å². The standard InChI is InChI=1S/C13H10N2.Pb.2H/c14-13-9-5-1-3-7-11(9)15-12-8-4-2-6-10(12)13;;;/h1-8H,(H2,14,15);;;. The summed E-state index contributed by atoms with van der Waals surface area (Å²) in [4.78, 5) is 4.56. The van der Waals surface area contributed by atoms with E-state index in [1.54, 1.807) is 0 Å². The molecule has 2 radical (unpaired) electrons. The van der Waals surface area contributed by atoms with E-state index in [9.17, 15) is 0 Å². The van der Waals surface area contributed by atoms with Crippen molar-refractivity contribution in [3.05, 3.63) is 48.5 Å². The molecule has 2 N–H and O–H groups in total. The van der Waals surface area contributed by atoms with Crippen molar-refractivity contribution in [2.24, 2.45) is 0 Å². The maximum atomic E-state index is 6.11. The van der Waals surface area contributed by atoms with Gasteiger partial charge in [0.05, 0.1) is 16.7 Å². The number of hydrogen-bond donors (Lipinski definition) is 1. The normalized spacial score (nSPS) is 10.2. The van der Waals surface area contributed by atoms with Crippen LogP contribution in [0.1, 0.15) is 0 Å². The van der Waals surface area contributed by atoms with Gasteiger partial charge >= 0.3 is 27.3 Å². The van der Waals surface area contributed by atoms with Crippen molar-refractivity contribution >= 4 is 54.8 Å². The average Bonchev–Trinajstić information content (AvgIpc) is 2.30. The Kier molecular flexibility index (Phi) is 3.09. The minimum atomic E-state index is 0. The monoisotopic (exact) mass is 404 g/mol. The van der Waals surface area contributed by atoms with Crippen LogP contribution in [-0.4, -0.2) is 32.3 Å². The van der Waals surface area contributed by atoms with Gasteiger partial charge in [-0.3, -0.25) is 0 Å². The van der Waals surface area contributed by atoms with Crippen molar-refractivity contribution in [1.29, 1.82) is 0 Å². The molecule has 1 heterocycles. The molecular formula is C13H12N2Pb. The summed E-state index contributed by atoms with van der Waals surface area (Å²) >= 11 is 0. The molecule has 0 aliphatic rings. The Morgan fingerprint density at radius 1 is 0.750 bits per heavy atom. The summed E-state index contributed by atoms with van der Waals surface area (Å²) < 4.78 is 0. The molecular weight excluding hydrogens is 391 g/mol. The number of pyridine rings is 1. The summed E-state index contributed by atoms with van der Waals surface area (Å²) in [5, 5.41) is 2.05. The number of para-hydroxylation sites is 2. The summed E-state index contributed by atoms with van der Waals surface area (Å²) in [6.07, 6.45) is 0. The number of nitrogens with two attached hydrogens (primary N) is 1. The first kappa shape index (κ1) is 11.3. The Morgan fingerprint density at radius 3 is 1.69 bits per heavy atom. The van der Waals surface area contributed by atoms with Crippen LogP contribution in [0.5, 0.6) is 0 Å². The molecule has 78 valence electrons. The predicted octanol–water partition coefficient (Wildman–Crippen LogP) is 2.05. The number of nitrogen functional groups attached to an aromatic ring is 1. The second-order valence-corrected chi connectivity index (χ2v) is 3.56. The zero-order chi connectivity index (χ0) is 10.3. The summed E-state index contributed by atoms with van der Waals surface area (Å²) in [6, 6.07) is 15.9. The van der Waals surface area contributed by atoms with Gasteiger partial charge in [0.15, 0.2) is 0 Å². The van der Waals surface area contributed by atoms with Crippen LogP contribution < -0.4 is 5.73 Å². The molecule has 0 aliphatic carbocycles. The summed E-state index contributed by atoms with van der Waals surface area (Å²) in [5.74, 6) is 0. The molecule has 3 heteroatoms. The van der Waals surface area contributed by atoms with Crippen molar-refractivity contribution in [3.8, 4) is 0 Å². The molecule has 16 heavy (non-hydrogen) atoms. The number of aromatic nitrogens is 1. The molecule has 2 aromatic carbocycles. The van der Waals surface area contributed by atoms with Crippen molar-refractivity contribution < 1.29 is 0 Å². The first-order valence-electron chi connectivity index (χ1n) is 4.89. The first-order chi connectivity index (χ1) is 7.36. The van der Waals surface area contributed by atoms with Crippen LogP contribution in [0.15, 0.2) is 48.5 Å². The third-order valence-corrected chi connectivity index (χ3v) is 2.63. The molecule has 2 nitrogen and oxygen atoms in total. The van der Waals surface area contributed by atoms with E-state index in [1.807, 2.05) is 48.5 Å². The number of hydrogen-bond acceptors (Lipinski definition) is 2.